The van der Waals surface area contributed by atoms with Crippen molar-refractivity contribution < 1.29 is 0 Å². The highest BCUT2D eigenvalue weighted by Crippen LogP contribution is 2.34. The molecule has 0 unspecified atom stereocenters. The standard InChI is InChI=1S/C17H26N4/c1-12-9-14-16(19-10-12)21(11-17(2,3)18)15(20-14)13-7-5-4-6-8-13/h9-10,13H,4-8,11,18H2,1-3H3. The van der Waals surface area contributed by atoms with Crippen LogP contribution in [0.25, 0.3) is 11.2 Å². The van der Waals surface area contributed by atoms with Gasteiger partial charge in [-0.05, 0) is 45.2 Å². The van der Waals surface area contributed by atoms with Gasteiger partial charge >= 0.3 is 0 Å². The molecule has 114 valence electrons. The van der Waals surface area contributed by atoms with Crippen LogP contribution in [0.2, 0.25) is 0 Å². The van der Waals surface area contributed by atoms with Crippen LogP contribution in [0.3, 0.4) is 0 Å². The summed E-state index contributed by atoms with van der Waals surface area (Å²) in [6, 6.07) is 2.13. The van der Waals surface area contributed by atoms with E-state index in [1.165, 1.54) is 37.9 Å². The molecule has 21 heavy (non-hydrogen) atoms. The lowest BCUT2D eigenvalue weighted by atomic mass is 9.88. The van der Waals surface area contributed by atoms with Crippen LogP contribution in [0.1, 0.15) is 63.3 Å². The number of hydrogen-bond acceptors (Lipinski definition) is 3. The van der Waals surface area contributed by atoms with E-state index in [9.17, 15) is 0 Å². The van der Waals surface area contributed by atoms with Crippen LogP contribution in [0.5, 0.6) is 0 Å². The average molecular weight is 286 g/mol. The van der Waals surface area contributed by atoms with Crippen LogP contribution in [0.15, 0.2) is 12.3 Å². The highest BCUT2D eigenvalue weighted by atomic mass is 15.1. The van der Waals surface area contributed by atoms with E-state index in [4.69, 9.17) is 10.7 Å². The van der Waals surface area contributed by atoms with E-state index in [1.807, 2.05) is 6.20 Å². The molecular formula is C17H26N4. The van der Waals surface area contributed by atoms with Gasteiger partial charge in [-0.25, -0.2) is 9.97 Å². The molecule has 0 radical (unpaired) electrons. The molecular weight excluding hydrogens is 260 g/mol. The Morgan fingerprint density at radius 3 is 2.67 bits per heavy atom. The minimum atomic E-state index is -0.260. The molecule has 4 nitrogen and oxygen atoms in total. The molecule has 1 aliphatic carbocycles. The molecule has 0 saturated heterocycles. The molecule has 1 fully saturated rings. The van der Waals surface area contributed by atoms with Crippen molar-refractivity contribution in [3.05, 3.63) is 23.7 Å². The van der Waals surface area contributed by atoms with Gasteiger partial charge < -0.3 is 10.3 Å². The van der Waals surface area contributed by atoms with Crippen LogP contribution in [-0.4, -0.2) is 20.1 Å². The lowest BCUT2D eigenvalue weighted by Gasteiger charge is -2.25. The van der Waals surface area contributed by atoms with Crippen LogP contribution in [0.4, 0.5) is 0 Å². The van der Waals surface area contributed by atoms with Crippen molar-refractivity contribution in [2.24, 2.45) is 5.73 Å². The zero-order chi connectivity index (χ0) is 15.0. The maximum absolute atomic E-state index is 6.27. The Morgan fingerprint density at radius 2 is 2.00 bits per heavy atom. The predicted octanol–water partition coefficient (Wildman–Crippen LogP) is 3.52. The van der Waals surface area contributed by atoms with Crippen LogP contribution < -0.4 is 5.73 Å². The van der Waals surface area contributed by atoms with Gasteiger partial charge in [0.05, 0.1) is 0 Å². The third kappa shape index (κ3) is 3.10. The molecule has 0 spiro atoms. The molecule has 0 aliphatic heterocycles. The van der Waals surface area contributed by atoms with Gasteiger partial charge in [0.25, 0.3) is 0 Å². The fraction of sp³-hybridized carbons (Fsp3) is 0.647. The first-order valence-electron chi connectivity index (χ1n) is 8.06. The molecule has 0 atom stereocenters. The smallest absolute Gasteiger partial charge is 0.160 e. The maximum atomic E-state index is 6.27. The van der Waals surface area contributed by atoms with E-state index in [-0.39, 0.29) is 5.54 Å². The number of hydrogen-bond donors (Lipinski definition) is 1. The monoisotopic (exact) mass is 286 g/mol. The molecule has 4 heteroatoms. The fourth-order valence-corrected chi connectivity index (χ4v) is 3.36. The molecule has 2 aromatic rings. The number of imidazole rings is 1. The molecule has 0 aromatic carbocycles. The van der Waals surface area contributed by atoms with Gasteiger partial charge in [-0.3, -0.25) is 0 Å². The Balaban J connectivity index is 2.09. The summed E-state index contributed by atoms with van der Waals surface area (Å²) in [5.74, 6) is 1.76. The summed E-state index contributed by atoms with van der Waals surface area (Å²) >= 11 is 0. The Labute approximate surface area is 126 Å². The number of pyridine rings is 1. The van der Waals surface area contributed by atoms with E-state index in [0.717, 1.165) is 23.3 Å². The zero-order valence-electron chi connectivity index (χ0n) is 13.4. The van der Waals surface area contributed by atoms with Gasteiger partial charge in [0.2, 0.25) is 0 Å². The summed E-state index contributed by atoms with van der Waals surface area (Å²) in [6.07, 6.45) is 8.39. The van der Waals surface area contributed by atoms with Crippen molar-refractivity contribution in [3.63, 3.8) is 0 Å². The Morgan fingerprint density at radius 1 is 1.29 bits per heavy atom. The van der Waals surface area contributed by atoms with Gasteiger partial charge in [-0.1, -0.05) is 19.3 Å². The first kappa shape index (κ1) is 14.5. The maximum Gasteiger partial charge on any atom is 0.160 e. The van der Waals surface area contributed by atoms with Gasteiger partial charge in [0.15, 0.2) is 5.65 Å². The normalized spacial score (nSPS) is 17.5. The second-order valence-electron chi connectivity index (χ2n) is 7.24. The lowest BCUT2D eigenvalue weighted by molar-refractivity contribution is 0.385. The van der Waals surface area contributed by atoms with Crippen molar-refractivity contribution in [1.29, 1.82) is 0 Å². The Kier molecular flexibility index (Phi) is 3.74. The van der Waals surface area contributed by atoms with Crippen molar-refractivity contribution in [2.45, 2.75) is 70.9 Å². The summed E-state index contributed by atoms with van der Waals surface area (Å²) in [4.78, 5) is 9.55. The van der Waals surface area contributed by atoms with E-state index >= 15 is 0 Å². The Hall–Kier alpha value is -1.42. The van der Waals surface area contributed by atoms with E-state index < -0.39 is 0 Å². The summed E-state index contributed by atoms with van der Waals surface area (Å²) in [5.41, 5.74) is 9.17. The highest BCUT2D eigenvalue weighted by Gasteiger charge is 2.25. The summed E-state index contributed by atoms with van der Waals surface area (Å²) in [6.45, 7) is 6.97. The zero-order valence-corrected chi connectivity index (χ0v) is 13.4. The quantitative estimate of drug-likeness (QED) is 0.939. The molecule has 3 rings (SSSR count). The van der Waals surface area contributed by atoms with Crippen molar-refractivity contribution in [2.75, 3.05) is 0 Å². The number of nitrogens with zero attached hydrogens (tertiary/aromatic N) is 3. The minimum absolute atomic E-state index is 0.260. The van der Waals surface area contributed by atoms with Crippen LogP contribution >= 0.6 is 0 Å². The third-order valence-corrected chi connectivity index (χ3v) is 4.29. The Bertz CT molecular complexity index is 630. The van der Waals surface area contributed by atoms with Gasteiger partial charge in [-0.15, -0.1) is 0 Å². The van der Waals surface area contributed by atoms with E-state index in [2.05, 4.69) is 36.4 Å². The molecule has 2 N–H and O–H groups in total. The number of aromatic nitrogens is 3. The SMILES string of the molecule is Cc1cnc2c(c1)nc(C1CCCCC1)n2CC(C)(C)N. The second-order valence-corrected chi connectivity index (χ2v) is 7.24. The van der Waals surface area contributed by atoms with E-state index in [0.29, 0.717) is 5.92 Å². The molecule has 1 saturated carbocycles. The summed E-state index contributed by atoms with van der Waals surface area (Å²) in [7, 11) is 0. The molecule has 0 amide bonds. The summed E-state index contributed by atoms with van der Waals surface area (Å²) in [5, 5.41) is 0. The number of fused-ring (bicyclic) bond motifs is 1. The first-order chi connectivity index (χ1) is 9.94. The largest absolute Gasteiger partial charge is 0.324 e. The van der Waals surface area contributed by atoms with Crippen LogP contribution in [-0.2, 0) is 6.54 Å². The predicted molar refractivity (Wildman–Crippen MR) is 86.4 cm³/mol. The molecule has 2 heterocycles. The first-order valence-corrected chi connectivity index (χ1v) is 8.06. The lowest BCUT2D eigenvalue weighted by Crippen LogP contribution is -2.37. The van der Waals surface area contributed by atoms with Gasteiger partial charge in [-0.2, -0.15) is 0 Å². The van der Waals surface area contributed by atoms with Crippen molar-refractivity contribution >= 4 is 11.2 Å². The van der Waals surface area contributed by atoms with Crippen LogP contribution in [0, 0.1) is 6.92 Å². The van der Waals surface area contributed by atoms with Gasteiger partial charge in [0, 0.05) is 24.2 Å². The highest BCUT2D eigenvalue weighted by molar-refractivity contribution is 5.72. The summed E-state index contributed by atoms with van der Waals surface area (Å²) < 4.78 is 2.27. The molecule has 0 bridgehead atoms. The number of nitrogens with two attached hydrogens (primary N) is 1. The third-order valence-electron chi connectivity index (χ3n) is 4.29. The molecule has 2 aromatic heterocycles. The second kappa shape index (κ2) is 5.41. The number of aryl methyl sites for hydroxylation is 1. The van der Waals surface area contributed by atoms with E-state index in [1.54, 1.807) is 0 Å². The number of rotatable bonds is 3. The molecule has 1 aliphatic rings. The minimum Gasteiger partial charge on any atom is -0.324 e. The van der Waals surface area contributed by atoms with Gasteiger partial charge in [0.1, 0.15) is 11.3 Å². The van der Waals surface area contributed by atoms with Crippen molar-refractivity contribution in [1.82, 2.24) is 14.5 Å². The fourth-order valence-electron chi connectivity index (χ4n) is 3.36. The average Bonchev–Trinajstić information content (AvgIpc) is 2.76. The topological polar surface area (TPSA) is 56.7 Å². The van der Waals surface area contributed by atoms with Crippen molar-refractivity contribution in [3.8, 4) is 0 Å².